The first-order valence-electron chi connectivity index (χ1n) is 11.4. The number of carbonyl (C=O) groups is 1. The Morgan fingerprint density at radius 3 is 2.28 bits per heavy atom. The number of aromatic nitrogens is 2. The van der Waals surface area contributed by atoms with Crippen LogP contribution in [0.25, 0.3) is 0 Å². The van der Waals surface area contributed by atoms with Gasteiger partial charge in [-0.1, -0.05) is 76.6 Å². The molecule has 0 saturated carbocycles. The third-order valence-corrected chi connectivity index (χ3v) is 6.77. The molecule has 0 bridgehead atoms. The first-order valence-corrected chi connectivity index (χ1v) is 12.2. The van der Waals surface area contributed by atoms with Gasteiger partial charge in [-0.2, -0.15) is 18.3 Å². The molecule has 184 valence electrons. The molecule has 1 N–H and O–H groups in total. The third kappa shape index (κ3) is 4.88. The van der Waals surface area contributed by atoms with E-state index in [1.54, 1.807) is 41.3 Å². The molecule has 36 heavy (non-hydrogen) atoms. The summed E-state index contributed by atoms with van der Waals surface area (Å²) in [6, 6.07) is 23.1. The van der Waals surface area contributed by atoms with Crippen LogP contribution < -0.4 is 10.2 Å². The van der Waals surface area contributed by atoms with Gasteiger partial charge in [0.15, 0.2) is 6.04 Å². The summed E-state index contributed by atoms with van der Waals surface area (Å²) in [5.41, 5.74) is 2.32. The number of para-hydroxylation sites is 1. The largest absolute Gasteiger partial charge is 0.410 e. The minimum atomic E-state index is -4.53. The molecule has 1 amide bonds. The van der Waals surface area contributed by atoms with E-state index in [9.17, 15) is 18.0 Å². The van der Waals surface area contributed by atoms with Crippen LogP contribution in [0.4, 0.5) is 24.7 Å². The van der Waals surface area contributed by atoms with E-state index < -0.39 is 24.2 Å². The number of hydrogen-bond acceptors (Lipinski definition) is 3. The Kier molecular flexibility index (Phi) is 6.57. The van der Waals surface area contributed by atoms with Crippen LogP contribution >= 0.6 is 15.9 Å². The lowest BCUT2D eigenvalue weighted by Crippen LogP contribution is -2.37. The minimum absolute atomic E-state index is 0.0653. The summed E-state index contributed by atoms with van der Waals surface area (Å²) in [6.45, 7) is 0.257. The van der Waals surface area contributed by atoms with Crippen LogP contribution in [0.5, 0.6) is 0 Å². The number of nitrogens with one attached hydrogen (secondary N) is 1. The normalized spacial score (nSPS) is 17.2. The van der Waals surface area contributed by atoms with Crippen LogP contribution in [0.15, 0.2) is 95.6 Å². The van der Waals surface area contributed by atoms with Crippen LogP contribution in [-0.4, -0.2) is 21.9 Å². The van der Waals surface area contributed by atoms with Crippen molar-refractivity contribution in [1.29, 1.82) is 0 Å². The highest BCUT2D eigenvalue weighted by molar-refractivity contribution is 9.10. The zero-order valence-corrected chi connectivity index (χ0v) is 20.6. The minimum Gasteiger partial charge on any atom is -0.363 e. The van der Waals surface area contributed by atoms with Crippen molar-refractivity contribution >= 4 is 33.3 Å². The Morgan fingerprint density at radius 1 is 1.00 bits per heavy atom. The second-order valence-corrected chi connectivity index (χ2v) is 9.52. The molecule has 0 saturated heterocycles. The lowest BCUT2D eigenvalue weighted by Gasteiger charge is -2.34. The van der Waals surface area contributed by atoms with Crippen LogP contribution in [0, 0.1) is 0 Å². The Labute approximate surface area is 214 Å². The van der Waals surface area contributed by atoms with E-state index >= 15 is 0 Å². The summed E-state index contributed by atoms with van der Waals surface area (Å²) >= 11 is 3.36. The molecule has 1 aliphatic heterocycles. The van der Waals surface area contributed by atoms with E-state index in [1.165, 1.54) is 6.20 Å². The topological polar surface area (TPSA) is 50.2 Å². The molecule has 9 heteroatoms. The lowest BCUT2D eigenvalue weighted by molar-refractivity contribution is -0.173. The number of halogens is 4. The zero-order valence-electron chi connectivity index (χ0n) is 19.0. The maximum absolute atomic E-state index is 14.1. The third-order valence-electron chi connectivity index (χ3n) is 6.24. The summed E-state index contributed by atoms with van der Waals surface area (Å²) in [5, 5.41) is 7.20. The van der Waals surface area contributed by atoms with Crippen molar-refractivity contribution in [3.63, 3.8) is 0 Å². The van der Waals surface area contributed by atoms with Crippen molar-refractivity contribution in [2.75, 3.05) is 10.2 Å². The van der Waals surface area contributed by atoms with E-state index in [0.29, 0.717) is 11.3 Å². The molecule has 0 fully saturated rings. The summed E-state index contributed by atoms with van der Waals surface area (Å²) in [4.78, 5) is 15.4. The first kappa shape index (κ1) is 24.1. The van der Waals surface area contributed by atoms with Gasteiger partial charge in [0, 0.05) is 16.6 Å². The summed E-state index contributed by atoms with van der Waals surface area (Å²) < 4.78 is 44.0. The standard InChI is InChI=1S/C27H22BrF3N4O/c28-20-13-11-19(12-14-20)23-15-24(27(29,30)31)35-25(33-23)22(16-32-35)26(36)34(21-9-5-2-6-10-21)17-18-7-3-1-4-8-18/h1-14,16,23-24,33H,15,17H2/t23-,24-/m0/s1. The molecular formula is C27H22BrF3N4O. The number of anilines is 2. The Hall–Kier alpha value is -3.59. The molecule has 2 atom stereocenters. The maximum Gasteiger partial charge on any atom is 0.410 e. The van der Waals surface area contributed by atoms with E-state index in [-0.39, 0.29) is 24.3 Å². The number of fused-ring (bicyclic) bond motifs is 1. The average Bonchev–Trinajstić information content (AvgIpc) is 3.31. The van der Waals surface area contributed by atoms with Gasteiger partial charge in [0.05, 0.1) is 18.8 Å². The molecule has 2 heterocycles. The van der Waals surface area contributed by atoms with E-state index in [2.05, 4.69) is 26.3 Å². The van der Waals surface area contributed by atoms with Gasteiger partial charge < -0.3 is 10.2 Å². The molecule has 0 radical (unpaired) electrons. The predicted octanol–water partition coefficient (Wildman–Crippen LogP) is 7.15. The van der Waals surface area contributed by atoms with Crippen LogP contribution in [0.2, 0.25) is 0 Å². The van der Waals surface area contributed by atoms with Crippen LogP contribution in [0.3, 0.4) is 0 Å². The fraction of sp³-hybridized carbons (Fsp3) is 0.185. The number of carbonyl (C=O) groups excluding carboxylic acids is 1. The van der Waals surface area contributed by atoms with Gasteiger partial charge in [-0.15, -0.1) is 0 Å². The van der Waals surface area contributed by atoms with Crippen molar-refractivity contribution in [1.82, 2.24) is 9.78 Å². The predicted molar refractivity (Wildman–Crippen MR) is 136 cm³/mol. The number of hydrogen-bond donors (Lipinski definition) is 1. The first-order chi connectivity index (χ1) is 17.3. The second-order valence-electron chi connectivity index (χ2n) is 8.61. The maximum atomic E-state index is 14.1. The molecule has 0 aliphatic carbocycles. The van der Waals surface area contributed by atoms with E-state index in [1.807, 2.05) is 48.5 Å². The van der Waals surface area contributed by atoms with Crippen LogP contribution in [0.1, 0.15) is 40.0 Å². The Morgan fingerprint density at radius 2 is 1.64 bits per heavy atom. The molecule has 1 aliphatic rings. The zero-order chi connectivity index (χ0) is 25.3. The SMILES string of the molecule is O=C(c1cnn2c1N[C@H](c1ccc(Br)cc1)C[C@H]2C(F)(F)F)N(Cc1ccccc1)c1ccccc1. The van der Waals surface area contributed by atoms with Gasteiger partial charge in [-0.05, 0) is 35.4 Å². The van der Waals surface area contributed by atoms with E-state index in [4.69, 9.17) is 0 Å². The molecule has 5 nitrogen and oxygen atoms in total. The molecule has 1 aromatic heterocycles. The van der Waals surface area contributed by atoms with Crippen molar-refractivity contribution in [2.24, 2.45) is 0 Å². The number of benzene rings is 3. The quantitative estimate of drug-likeness (QED) is 0.285. The number of amides is 1. The number of nitrogens with zero attached hydrogens (tertiary/aromatic N) is 3. The summed E-state index contributed by atoms with van der Waals surface area (Å²) in [6.07, 6.45) is -3.53. The van der Waals surface area contributed by atoms with E-state index in [0.717, 1.165) is 14.7 Å². The van der Waals surface area contributed by atoms with Gasteiger partial charge >= 0.3 is 6.18 Å². The van der Waals surface area contributed by atoms with Crippen LogP contribution in [-0.2, 0) is 6.54 Å². The molecule has 0 spiro atoms. The van der Waals surface area contributed by atoms with Gasteiger partial charge in [-0.25, -0.2) is 4.68 Å². The molecular weight excluding hydrogens is 533 g/mol. The number of alkyl halides is 3. The number of rotatable bonds is 5. The highest BCUT2D eigenvalue weighted by Crippen LogP contribution is 2.44. The highest BCUT2D eigenvalue weighted by Gasteiger charge is 2.47. The van der Waals surface area contributed by atoms with Gasteiger partial charge in [-0.3, -0.25) is 4.79 Å². The van der Waals surface area contributed by atoms with Crippen molar-refractivity contribution in [3.8, 4) is 0 Å². The van der Waals surface area contributed by atoms with Crippen molar-refractivity contribution in [2.45, 2.75) is 31.2 Å². The molecule has 3 aromatic carbocycles. The smallest absolute Gasteiger partial charge is 0.363 e. The van der Waals surface area contributed by atoms with Crippen molar-refractivity contribution < 1.29 is 18.0 Å². The molecule has 0 unspecified atom stereocenters. The summed E-state index contributed by atoms with van der Waals surface area (Å²) in [5.74, 6) is -0.369. The van der Waals surface area contributed by atoms with Gasteiger partial charge in [0.1, 0.15) is 11.4 Å². The fourth-order valence-electron chi connectivity index (χ4n) is 4.43. The molecule has 5 rings (SSSR count). The second kappa shape index (κ2) is 9.81. The Balaban J connectivity index is 1.55. The lowest BCUT2D eigenvalue weighted by atomic mass is 9.96. The monoisotopic (exact) mass is 554 g/mol. The Bertz CT molecular complexity index is 1340. The van der Waals surface area contributed by atoms with Gasteiger partial charge in [0.25, 0.3) is 5.91 Å². The van der Waals surface area contributed by atoms with Crippen molar-refractivity contribution in [3.05, 3.63) is 112 Å². The average molecular weight is 555 g/mol. The van der Waals surface area contributed by atoms with Gasteiger partial charge in [0.2, 0.25) is 0 Å². The molecule has 4 aromatic rings. The highest BCUT2D eigenvalue weighted by atomic mass is 79.9. The fourth-order valence-corrected chi connectivity index (χ4v) is 4.70. The summed E-state index contributed by atoms with van der Waals surface area (Å²) in [7, 11) is 0.